The van der Waals surface area contributed by atoms with Crippen molar-refractivity contribution in [3.63, 3.8) is 0 Å². The van der Waals surface area contributed by atoms with E-state index in [0.717, 1.165) is 36.4 Å². The van der Waals surface area contributed by atoms with Crippen LogP contribution in [0.25, 0.3) is 11.1 Å². The number of allylic oxidation sites excluding steroid dienone is 1. The molecule has 1 aliphatic heterocycles. The molecule has 0 saturated carbocycles. The highest BCUT2D eigenvalue weighted by Crippen LogP contribution is 2.44. The SMILES string of the molecule is C1=CSCN=C1.CC1C(=N)C(c2ccc(Cl)nc2)Cc2c1ccc1c2CCc2ccccc2-1. The van der Waals surface area contributed by atoms with Gasteiger partial charge in [0.15, 0.2) is 0 Å². The van der Waals surface area contributed by atoms with Crippen molar-refractivity contribution in [1.82, 2.24) is 4.98 Å². The maximum Gasteiger partial charge on any atom is 0.129 e. The van der Waals surface area contributed by atoms with Crippen LogP contribution in [-0.2, 0) is 19.3 Å². The fourth-order valence-electron chi connectivity index (χ4n) is 5.11. The molecular weight excluding hydrogens is 446 g/mol. The Morgan fingerprint density at radius 3 is 2.58 bits per heavy atom. The Kier molecular flexibility index (Phi) is 6.48. The number of thioether (sulfide) groups is 1. The highest BCUT2D eigenvalue weighted by Gasteiger charge is 2.33. The van der Waals surface area contributed by atoms with E-state index in [1.54, 1.807) is 11.8 Å². The predicted octanol–water partition coefficient (Wildman–Crippen LogP) is 7.24. The van der Waals surface area contributed by atoms with E-state index < -0.39 is 0 Å². The van der Waals surface area contributed by atoms with Crippen molar-refractivity contribution in [3.8, 4) is 11.1 Å². The topological polar surface area (TPSA) is 49.1 Å². The molecule has 2 aromatic carbocycles. The Morgan fingerprint density at radius 2 is 1.88 bits per heavy atom. The number of nitrogens with zero attached hydrogens (tertiary/aromatic N) is 2. The summed E-state index contributed by atoms with van der Waals surface area (Å²) in [4.78, 5) is 8.18. The molecule has 33 heavy (non-hydrogen) atoms. The number of aliphatic imine (C=N–C) groups is 1. The molecule has 2 atom stereocenters. The third-order valence-electron chi connectivity index (χ3n) is 6.80. The summed E-state index contributed by atoms with van der Waals surface area (Å²) < 4.78 is 0. The Morgan fingerprint density at radius 1 is 1.00 bits per heavy atom. The highest BCUT2D eigenvalue weighted by atomic mass is 35.5. The summed E-state index contributed by atoms with van der Waals surface area (Å²) in [5, 5.41) is 11.3. The molecule has 1 aromatic heterocycles. The van der Waals surface area contributed by atoms with Crippen LogP contribution in [0.3, 0.4) is 0 Å². The fourth-order valence-corrected chi connectivity index (χ4v) is 5.66. The zero-order chi connectivity index (χ0) is 22.8. The number of halogens is 1. The second-order valence-corrected chi connectivity index (χ2v) is 9.87. The number of pyridine rings is 1. The van der Waals surface area contributed by atoms with Crippen LogP contribution < -0.4 is 0 Å². The molecule has 3 aromatic rings. The Bertz CT molecular complexity index is 1230. The molecule has 1 N–H and O–H groups in total. The molecule has 166 valence electrons. The number of rotatable bonds is 1. The first-order valence-electron chi connectivity index (χ1n) is 11.3. The average Bonchev–Trinajstić information content (AvgIpc) is 2.87. The summed E-state index contributed by atoms with van der Waals surface area (Å²) >= 11 is 7.69. The van der Waals surface area contributed by atoms with Gasteiger partial charge in [0, 0.05) is 30.0 Å². The molecule has 0 saturated heterocycles. The number of aromatic nitrogens is 1. The largest absolute Gasteiger partial charge is 0.308 e. The first kappa shape index (κ1) is 22.1. The molecule has 3 nitrogen and oxygen atoms in total. The molecule has 5 heteroatoms. The van der Waals surface area contributed by atoms with Crippen molar-refractivity contribution in [3.05, 3.63) is 99.2 Å². The van der Waals surface area contributed by atoms with E-state index in [0.29, 0.717) is 5.15 Å². The molecule has 2 heterocycles. The molecule has 0 radical (unpaired) electrons. The van der Waals surface area contributed by atoms with Crippen molar-refractivity contribution in [1.29, 1.82) is 5.41 Å². The van der Waals surface area contributed by atoms with Crippen LogP contribution in [0.4, 0.5) is 0 Å². The molecular formula is C28H26ClN3S. The first-order chi connectivity index (χ1) is 16.1. The molecule has 0 amide bonds. The summed E-state index contributed by atoms with van der Waals surface area (Å²) in [5.74, 6) is 1.12. The molecule has 3 aliphatic rings. The highest BCUT2D eigenvalue weighted by molar-refractivity contribution is 8.02. The third kappa shape index (κ3) is 4.42. The lowest BCUT2D eigenvalue weighted by molar-refractivity contribution is 0.744. The van der Waals surface area contributed by atoms with Gasteiger partial charge in [-0.1, -0.05) is 61.0 Å². The van der Waals surface area contributed by atoms with Crippen molar-refractivity contribution >= 4 is 35.3 Å². The van der Waals surface area contributed by atoms with Crippen LogP contribution in [0.1, 0.15) is 46.6 Å². The number of hydrogen-bond donors (Lipinski definition) is 1. The van der Waals surface area contributed by atoms with Crippen molar-refractivity contribution in [2.75, 3.05) is 5.88 Å². The second-order valence-electron chi connectivity index (χ2n) is 8.62. The van der Waals surface area contributed by atoms with Gasteiger partial charge in [0.1, 0.15) is 5.15 Å². The van der Waals surface area contributed by atoms with Crippen LogP contribution in [0, 0.1) is 5.41 Å². The lowest BCUT2D eigenvalue weighted by Crippen LogP contribution is -2.28. The minimum atomic E-state index is 0.0842. The zero-order valence-corrected chi connectivity index (χ0v) is 20.2. The van der Waals surface area contributed by atoms with E-state index in [9.17, 15) is 0 Å². The van der Waals surface area contributed by atoms with E-state index in [2.05, 4.69) is 53.3 Å². The Labute approximate surface area is 204 Å². The number of benzene rings is 2. The zero-order valence-electron chi connectivity index (χ0n) is 18.6. The van der Waals surface area contributed by atoms with Gasteiger partial charge in [0.2, 0.25) is 0 Å². The van der Waals surface area contributed by atoms with Crippen molar-refractivity contribution in [2.24, 2.45) is 4.99 Å². The van der Waals surface area contributed by atoms with Crippen LogP contribution in [0.2, 0.25) is 5.15 Å². The van der Waals surface area contributed by atoms with Crippen LogP contribution in [0.15, 0.2) is 71.2 Å². The first-order valence-corrected chi connectivity index (χ1v) is 12.8. The van der Waals surface area contributed by atoms with Gasteiger partial charge in [-0.05, 0) is 75.8 Å². The van der Waals surface area contributed by atoms with Gasteiger partial charge >= 0.3 is 0 Å². The van der Waals surface area contributed by atoms with Crippen LogP contribution in [-0.4, -0.2) is 22.8 Å². The number of nitrogens with one attached hydrogen (secondary N) is 1. The summed E-state index contributed by atoms with van der Waals surface area (Å²) in [6.45, 7) is 2.17. The second kappa shape index (κ2) is 9.66. The van der Waals surface area contributed by atoms with E-state index in [1.807, 2.05) is 36.0 Å². The number of aryl methyl sites for hydroxylation is 1. The van der Waals surface area contributed by atoms with E-state index >= 15 is 0 Å². The van der Waals surface area contributed by atoms with Crippen molar-refractivity contribution in [2.45, 2.75) is 38.0 Å². The van der Waals surface area contributed by atoms with Gasteiger partial charge in [-0.3, -0.25) is 4.99 Å². The van der Waals surface area contributed by atoms with Gasteiger partial charge < -0.3 is 5.41 Å². The number of fused-ring (bicyclic) bond motifs is 5. The maximum absolute atomic E-state index is 8.77. The standard InChI is InChI=1S/C24H21ClN2.C4H5NS/c1-14-17-9-10-19-18-5-3-2-4-15(18)6-8-20(19)22(17)12-21(24(14)26)16-7-11-23(25)27-13-16;1-2-5-4-6-3-1/h2-5,7,9-11,13-14,21,26H,6,8,12H2,1H3;1-3H,4H2. The molecule has 2 unspecified atom stereocenters. The summed E-state index contributed by atoms with van der Waals surface area (Å²) in [6.07, 6.45) is 8.65. The van der Waals surface area contributed by atoms with Gasteiger partial charge in [0.05, 0.1) is 5.88 Å². The quantitative estimate of drug-likeness (QED) is 0.380. The lowest BCUT2D eigenvalue weighted by Gasteiger charge is -2.34. The molecule has 0 fully saturated rings. The van der Waals surface area contributed by atoms with E-state index in [1.165, 1.54) is 33.4 Å². The van der Waals surface area contributed by atoms with Gasteiger partial charge in [0.25, 0.3) is 0 Å². The van der Waals surface area contributed by atoms with Crippen LogP contribution in [0.5, 0.6) is 0 Å². The molecule has 0 spiro atoms. The lowest BCUT2D eigenvalue weighted by atomic mass is 9.69. The van der Waals surface area contributed by atoms with Gasteiger partial charge in [-0.25, -0.2) is 4.98 Å². The fraction of sp³-hybridized carbons (Fsp3) is 0.250. The molecule has 2 aliphatic carbocycles. The molecule has 6 rings (SSSR count). The average molecular weight is 472 g/mol. The normalized spacial score (nSPS) is 20.2. The molecule has 0 bridgehead atoms. The summed E-state index contributed by atoms with van der Waals surface area (Å²) in [7, 11) is 0. The van der Waals surface area contributed by atoms with E-state index in [-0.39, 0.29) is 11.8 Å². The summed E-state index contributed by atoms with van der Waals surface area (Å²) in [5.41, 5.74) is 10.3. The van der Waals surface area contributed by atoms with E-state index in [4.69, 9.17) is 17.0 Å². The Balaban J connectivity index is 0.000000332. The van der Waals surface area contributed by atoms with Crippen molar-refractivity contribution < 1.29 is 0 Å². The van der Waals surface area contributed by atoms with Gasteiger partial charge in [-0.2, -0.15) is 0 Å². The maximum atomic E-state index is 8.77. The monoisotopic (exact) mass is 471 g/mol. The Hall–Kier alpha value is -2.69. The minimum Gasteiger partial charge on any atom is -0.308 e. The smallest absolute Gasteiger partial charge is 0.129 e. The van der Waals surface area contributed by atoms with Crippen LogP contribution >= 0.6 is 23.4 Å². The summed E-state index contributed by atoms with van der Waals surface area (Å²) in [6, 6.07) is 17.2. The van der Waals surface area contributed by atoms with Gasteiger partial charge in [-0.15, -0.1) is 11.8 Å². The third-order valence-corrected chi connectivity index (χ3v) is 7.68. The minimum absolute atomic E-state index is 0.0842. The predicted molar refractivity (Wildman–Crippen MR) is 141 cm³/mol. The number of hydrogen-bond acceptors (Lipinski definition) is 4.